The molecule has 3 heterocycles. The summed E-state index contributed by atoms with van der Waals surface area (Å²) in [6.45, 7) is 9.99. The first kappa shape index (κ1) is 23.3. The Balaban J connectivity index is 1.51. The van der Waals surface area contributed by atoms with E-state index in [9.17, 15) is 5.11 Å². The molecule has 1 fully saturated rings. The fourth-order valence-electron chi connectivity index (χ4n) is 4.65. The van der Waals surface area contributed by atoms with Crippen LogP contribution < -0.4 is 10.2 Å². The third kappa shape index (κ3) is 5.01. The van der Waals surface area contributed by atoms with E-state index in [1.807, 2.05) is 18.2 Å². The summed E-state index contributed by atoms with van der Waals surface area (Å²) in [7, 11) is 0. The minimum absolute atomic E-state index is 0.217. The molecule has 1 aliphatic rings. The summed E-state index contributed by atoms with van der Waals surface area (Å²) in [5.74, 6) is 2.10. The molecular formula is C28H33N5O2. The third-order valence-electron chi connectivity index (χ3n) is 6.51. The molecule has 0 bridgehead atoms. The van der Waals surface area contributed by atoms with Crippen molar-refractivity contribution in [3.05, 3.63) is 60.9 Å². The molecule has 0 amide bonds. The second-order valence-corrected chi connectivity index (χ2v) is 9.45. The van der Waals surface area contributed by atoms with Gasteiger partial charge in [0.2, 0.25) is 5.71 Å². The van der Waals surface area contributed by atoms with Gasteiger partial charge in [-0.2, -0.15) is 0 Å². The number of benzene rings is 2. The van der Waals surface area contributed by atoms with Gasteiger partial charge in [-0.05, 0) is 35.7 Å². The number of furan rings is 1. The molecule has 7 heteroatoms. The predicted octanol–water partition coefficient (Wildman–Crippen LogP) is 4.74. The minimum atomic E-state index is 0.217. The van der Waals surface area contributed by atoms with Crippen molar-refractivity contribution in [1.82, 2.24) is 14.9 Å². The van der Waals surface area contributed by atoms with E-state index in [1.165, 1.54) is 5.69 Å². The van der Waals surface area contributed by atoms with Gasteiger partial charge in [0, 0.05) is 56.1 Å². The van der Waals surface area contributed by atoms with Crippen LogP contribution in [0.4, 0.5) is 11.5 Å². The Bertz CT molecular complexity index is 1250. The number of aromatic nitrogens is 2. The molecule has 2 aromatic heterocycles. The van der Waals surface area contributed by atoms with E-state index in [4.69, 9.17) is 4.42 Å². The molecule has 0 spiro atoms. The number of fused-ring (bicyclic) bond motifs is 1. The lowest BCUT2D eigenvalue weighted by Gasteiger charge is -2.35. The highest BCUT2D eigenvalue weighted by molar-refractivity contribution is 6.05. The molecule has 5 rings (SSSR count). The van der Waals surface area contributed by atoms with Crippen LogP contribution in [0, 0.1) is 5.92 Å². The second-order valence-electron chi connectivity index (χ2n) is 9.45. The van der Waals surface area contributed by atoms with E-state index in [1.54, 1.807) is 6.33 Å². The number of aliphatic hydroxyl groups excluding tert-OH is 1. The van der Waals surface area contributed by atoms with E-state index in [2.05, 4.69) is 75.3 Å². The molecular weight excluding hydrogens is 438 g/mol. The van der Waals surface area contributed by atoms with Crippen molar-refractivity contribution in [3.8, 4) is 22.5 Å². The molecule has 1 aliphatic heterocycles. The lowest BCUT2D eigenvalue weighted by molar-refractivity contribution is 0.189. The van der Waals surface area contributed by atoms with E-state index in [0.717, 1.165) is 72.9 Å². The van der Waals surface area contributed by atoms with Gasteiger partial charge in [0.05, 0.1) is 12.0 Å². The Labute approximate surface area is 206 Å². The summed E-state index contributed by atoms with van der Waals surface area (Å²) in [6.07, 6.45) is 1.56. The van der Waals surface area contributed by atoms with Crippen molar-refractivity contribution >= 4 is 22.6 Å². The molecule has 0 saturated carbocycles. The van der Waals surface area contributed by atoms with Crippen molar-refractivity contribution in [3.63, 3.8) is 0 Å². The highest BCUT2D eigenvalue weighted by atomic mass is 16.3. The van der Waals surface area contributed by atoms with Gasteiger partial charge in [0.15, 0.2) is 0 Å². The Kier molecular flexibility index (Phi) is 6.97. The first-order chi connectivity index (χ1) is 17.1. The molecule has 0 radical (unpaired) electrons. The third-order valence-corrected chi connectivity index (χ3v) is 6.51. The second kappa shape index (κ2) is 10.5. The summed E-state index contributed by atoms with van der Waals surface area (Å²) in [4.78, 5) is 13.7. The van der Waals surface area contributed by atoms with Crippen molar-refractivity contribution in [2.24, 2.45) is 5.92 Å². The maximum absolute atomic E-state index is 9.19. The van der Waals surface area contributed by atoms with Crippen LogP contribution in [0.1, 0.15) is 13.8 Å². The lowest BCUT2D eigenvalue weighted by Crippen LogP contribution is -2.47. The molecule has 2 N–H and O–H groups in total. The van der Waals surface area contributed by atoms with Gasteiger partial charge in [0.25, 0.3) is 0 Å². The molecule has 1 saturated heterocycles. The SMILES string of the molecule is CC(C)CNc1ncnc2oc(-c3ccc(N4CCN(CCO)CC4)cc3)c(-c3ccccc3)c12. The van der Waals surface area contributed by atoms with Crippen LogP contribution in [0.2, 0.25) is 0 Å². The van der Waals surface area contributed by atoms with Gasteiger partial charge >= 0.3 is 0 Å². The van der Waals surface area contributed by atoms with E-state index in [0.29, 0.717) is 11.6 Å². The molecule has 35 heavy (non-hydrogen) atoms. The highest BCUT2D eigenvalue weighted by Gasteiger charge is 2.23. The molecule has 0 aliphatic carbocycles. The van der Waals surface area contributed by atoms with Crippen LogP contribution in [0.15, 0.2) is 65.3 Å². The van der Waals surface area contributed by atoms with Crippen LogP contribution in [0.5, 0.6) is 0 Å². The number of piperazine rings is 1. The number of aliphatic hydroxyl groups is 1. The van der Waals surface area contributed by atoms with Crippen LogP contribution in [0.3, 0.4) is 0 Å². The lowest BCUT2D eigenvalue weighted by atomic mass is 9.99. The van der Waals surface area contributed by atoms with Gasteiger partial charge in [-0.25, -0.2) is 9.97 Å². The molecule has 0 unspecified atom stereocenters. The number of nitrogens with zero attached hydrogens (tertiary/aromatic N) is 4. The van der Waals surface area contributed by atoms with Crippen molar-refractivity contribution in [1.29, 1.82) is 0 Å². The van der Waals surface area contributed by atoms with E-state index < -0.39 is 0 Å². The van der Waals surface area contributed by atoms with Crippen LogP contribution in [0.25, 0.3) is 33.6 Å². The number of anilines is 2. The number of nitrogens with one attached hydrogen (secondary N) is 1. The summed E-state index contributed by atoms with van der Waals surface area (Å²) < 4.78 is 6.38. The normalized spacial score (nSPS) is 14.7. The largest absolute Gasteiger partial charge is 0.437 e. The Morgan fingerprint density at radius 1 is 0.943 bits per heavy atom. The van der Waals surface area contributed by atoms with Crippen molar-refractivity contribution in [2.75, 3.05) is 56.1 Å². The fraction of sp³-hybridized carbons (Fsp3) is 0.357. The van der Waals surface area contributed by atoms with E-state index >= 15 is 0 Å². The van der Waals surface area contributed by atoms with Crippen molar-refractivity contribution in [2.45, 2.75) is 13.8 Å². The Morgan fingerprint density at radius 2 is 1.69 bits per heavy atom. The van der Waals surface area contributed by atoms with Gasteiger partial charge in [-0.15, -0.1) is 0 Å². The predicted molar refractivity (Wildman–Crippen MR) is 142 cm³/mol. The van der Waals surface area contributed by atoms with Gasteiger partial charge in [0.1, 0.15) is 17.9 Å². The average molecular weight is 472 g/mol. The van der Waals surface area contributed by atoms with Gasteiger partial charge in [-0.1, -0.05) is 44.2 Å². The monoisotopic (exact) mass is 471 g/mol. The highest BCUT2D eigenvalue weighted by Crippen LogP contribution is 2.42. The zero-order chi connectivity index (χ0) is 24.2. The summed E-state index contributed by atoms with van der Waals surface area (Å²) in [5, 5.41) is 13.6. The van der Waals surface area contributed by atoms with Crippen LogP contribution >= 0.6 is 0 Å². The van der Waals surface area contributed by atoms with E-state index in [-0.39, 0.29) is 6.61 Å². The first-order valence-corrected chi connectivity index (χ1v) is 12.4. The quantitative estimate of drug-likeness (QED) is 0.384. The smallest absolute Gasteiger partial charge is 0.232 e. The zero-order valence-electron chi connectivity index (χ0n) is 20.4. The molecule has 7 nitrogen and oxygen atoms in total. The van der Waals surface area contributed by atoms with Gasteiger partial charge < -0.3 is 19.7 Å². The maximum atomic E-state index is 9.19. The number of β-amino-alcohol motifs (C(OH)–C–C–N with tert-alkyl or cyclic N) is 1. The number of rotatable bonds is 8. The topological polar surface area (TPSA) is 77.7 Å². The maximum Gasteiger partial charge on any atom is 0.232 e. The Morgan fingerprint density at radius 3 is 2.37 bits per heavy atom. The number of hydrogen-bond donors (Lipinski definition) is 2. The molecule has 2 aromatic carbocycles. The fourth-order valence-corrected chi connectivity index (χ4v) is 4.65. The summed E-state index contributed by atoms with van der Waals surface area (Å²) in [5.41, 5.74) is 4.89. The summed E-state index contributed by atoms with van der Waals surface area (Å²) >= 11 is 0. The molecule has 0 atom stereocenters. The first-order valence-electron chi connectivity index (χ1n) is 12.4. The zero-order valence-corrected chi connectivity index (χ0v) is 20.4. The average Bonchev–Trinajstić information content (AvgIpc) is 3.29. The Hall–Kier alpha value is -3.42. The van der Waals surface area contributed by atoms with Gasteiger partial charge in [-0.3, -0.25) is 4.90 Å². The molecule has 4 aromatic rings. The number of hydrogen-bond acceptors (Lipinski definition) is 7. The standard InChI is InChI=1S/C28H33N5O2/c1-20(2)18-29-27-25-24(21-6-4-3-5-7-21)26(35-28(25)31-19-30-27)22-8-10-23(11-9-22)33-14-12-32(13-15-33)16-17-34/h3-11,19-20,34H,12-18H2,1-2H3,(H,29,30,31). The van der Waals surface area contributed by atoms with Crippen LogP contribution in [-0.4, -0.2) is 65.8 Å². The van der Waals surface area contributed by atoms with Crippen molar-refractivity contribution < 1.29 is 9.52 Å². The summed E-state index contributed by atoms with van der Waals surface area (Å²) in [6, 6.07) is 18.9. The molecule has 182 valence electrons. The van der Waals surface area contributed by atoms with Crippen LogP contribution in [-0.2, 0) is 0 Å². The minimum Gasteiger partial charge on any atom is -0.437 e.